The molecule has 0 aliphatic carbocycles. The highest BCUT2D eigenvalue weighted by Gasteiger charge is 2.29. The molecule has 9 heteroatoms. The molecule has 1 N–H and O–H groups in total. The van der Waals surface area contributed by atoms with Crippen LogP contribution in [0.5, 0.6) is 11.5 Å². The molecule has 4 rings (SSSR count). The molecule has 8 nitrogen and oxygen atoms in total. The van der Waals surface area contributed by atoms with E-state index < -0.39 is 0 Å². The SMILES string of the molecule is COc1ccc(NC(=O)N2CCCC(c3nc(-c4ccc(Br)cc4)no3)C2)c(OC)c1. The largest absolute Gasteiger partial charge is 0.497 e. The summed E-state index contributed by atoms with van der Waals surface area (Å²) in [4.78, 5) is 19.2. The molecule has 0 bridgehead atoms. The second-order valence-corrected chi connectivity index (χ2v) is 8.16. The van der Waals surface area contributed by atoms with Gasteiger partial charge in [0.25, 0.3) is 0 Å². The molecule has 1 aliphatic heterocycles. The number of nitrogens with one attached hydrogen (secondary N) is 1. The van der Waals surface area contributed by atoms with Crippen molar-refractivity contribution >= 4 is 27.6 Å². The van der Waals surface area contributed by atoms with Crippen LogP contribution in [0.25, 0.3) is 11.4 Å². The molecule has 1 atom stereocenters. The van der Waals surface area contributed by atoms with Crippen molar-refractivity contribution in [2.24, 2.45) is 0 Å². The number of carbonyl (C=O) groups is 1. The number of hydrogen-bond acceptors (Lipinski definition) is 6. The molecule has 1 unspecified atom stereocenters. The Kier molecular flexibility index (Phi) is 6.41. The van der Waals surface area contributed by atoms with E-state index in [1.54, 1.807) is 37.3 Å². The normalized spacial score (nSPS) is 16.1. The number of rotatable bonds is 5. The maximum Gasteiger partial charge on any atom is 0.321 e. The van der Waals surface area contributed by atoms with Crippen LogP contribution in [0.4, 0.5) is 10.5 Å². The number of urea groups is 1. The average molecular weight is 487 g/mol. The molecule has 2 aromatic carbocycles. The zero-order valence-electron chi connectivity index (χ0n) is 17.3. The van der Waals surface area contributed by atoms with Gasteiger partial charge in [0, 0.05) is 29.2 Å². The molecule has 2 heterocycles. The van der Waals surface area contributed by atoms with Gasteiger partial charge in [0.1, 0.15) is 11.5 Å². The van der Waals surface area contributed by atoms with Crippen LogP contribution >= 0.6 is 15.9 Å². The molecule has 0 radical (unpaired) electrons. The summed E-state index contributed by atoms with van der Waals surface area (Å²) in [6.45, 7) is 1.17. The quantitative estimate of drug-likeness (QED) is 0.549. The van der Waals surface area contributed by atoms with Crippen LogP contribution in [-0.4, -0.2) is 48.4 Å². The Balaban J connectivity index is 1.44. The fourth-order valence-corrected chi connectivity index (χ4v) is 3.84. The minimum Gasteiger partial charge on any atom is -0.497 e. The van der Waals surface area contributed by atoms with E-state index in [0.29, 0.717) is 42.0 Å². The number of anilines is 1. The number of piperidine rings is 1. The molecule has 1 fully saturated rings. The summed E-state index contributed by atoms with van der Waals surface area (Å²) < 4.78 is 17.1. The lowest BCUT2D eigenvalue weighted by atomic mass is 9.98. The second-order valence-electron chi connectivity index (χ2n) is 7.24. The lowest BCUT2D eigenvalue weighted by Gasteiger charge is -2.31. The molecular weight excluding hydrogens is 464 g/mol. The number of halogens is 1. The van der Waals surface area contributed by atoms with Gasteiger partial charge in [-0.05, 0) is 49.2 Å². The number of hydrogen-bond donors (Lipinski definition) is 1. The first-order valence-electron chi connectivity index (χ1n) is 9.95. The van der Waals surface area contributed by atoms with Gasteiger partial charge in [0.05, 0.1) is 25.8 Å². The predicted octanol–water partition coefficient (Wildman–Crippen LogP) is 4.93. The Morgan fingerprint density at radius 2 is 2.00 bits per heavy atom. The van der Waals surface area contributed by atoms with Gasteiger partial charge >= 0.3 is 6.03 Å². The van der Waals surface area contributed by atoms with Gasteiger partial charge in [-0.2, -0.15) is 4.98 Å². The third-order valence-electron chi connectivity index (χ3n) is 5.25. The molecule has 3 aromatic rings. The number of ether oxygens (including phenoxy) is 2. The molecule has 2 amide bonds. The Bertz CT molecular complexity index is 1050. The number of methoxy groups -OCH3 is 2. The van der Waals surface area contributed by atoms with E-state index in [0.717, 1.165) is 22.9 Å². The summed E-state index contributed by atoms with van der Waals surface area (Å²) in [5.41, 5.74) is 1.47. The number of carbonyl (C=O) groups excluding carboxylic acids is 1. The second kappa shape index (κ2) is 9.38. The van der Waals surface area contributed by atoms with Crippen LogP contribution in [0.3, 0.4) is 0 Å². The Hall–Kier alpha value is -3.07. The molecule has 0 spiro atoms. The van der Waals surface area contributed by atoms with E-state index in [-0.39, 0.29) is 11.9 Å². The topological polar surface area (TPSA) is 89.7 Å². The zero-order valence-corrected chi connectivity index (χ0v) is 18.9. The zero-order chi connectivity index (χ0) is 21.8. The number of benzene rings is 2. The average Bonchev–Trinajstić information content (AvgIpc) is 3.30. The van der Waals surface area contributed by atoms with Crippen molar-refractivity contribution in [1.82, 2.24) is 15.0 Å². The van der Waals surface area contributed by atoms with Crippen molar-refractivity contribution < 1.29 is 18.8 Å². The smallest absolute Gasteiger partial charge is 0.321 e. The van der Waals surface area contributed by atoms with Gasteiger partial charge in [-0.15, -0.1) is 0 Å². The molecular formula is C22H23BrN4O4. The van der Waals surface area contributed by atoms with Crippen molar-refractivity contribution in [3.63, 3.8) is 0 Å². The van der Waals surface area contributed by atoms with Crippen molar-refractivity contribution in [3.8, 4) is 22.9 Å². The van der Waals surface area contributed by atoms with E-state index in [1.807, 2.05) is 24.3 Å². The van der Waals surface area contributed by atoms with Gasteiger partial charge < -0.3 is 24.2 Å². The summed E-state index contributed by atoms with van der Waals surface area (Å²) in [6.07, 6.45) is 1.74. The lowest BCUT2D eigenvalue weighted by Crippen LogP contribution is -2.41. The Morgan fingerprint density at radius 3 is 2.74 bits per heavy atom. The lowest BCUT2D eigenvalue weighted by molar-refractivity contribution is 0.184. The minimum atomic E-state index is -0.194. The maximum absolute atomic E-state index is 12.9. The van der Waals surface area contributed by atoms with Crippen LogP contribution in [0.2, 0.25) is 0 Å². The van der Waals surface area contributed by atoms with Gasteiger partial charge in [0.15, 0.2) is 0 Å². The van der Waals surface area contributed by atoms with E-state index in [4.69, 9.17) is 14.0 Å². The van der Waals surface area contributed by atoms with Gasteiger partial charge in [-0.3, -0.25) is 0 Å². The van der Waals surface area contributed by atoms with Gasteiger partial charge in [0.2, 0.25) is 11.7 Å². The highest BCUT2D eigenvalue weighted by Crippen LogP contribution is 2.31. The molecule has 0 saturated carbocycles. The first-order valence-corrected chi connectivity index (χ1v) is 10.7. The maximum atomic E-state index is 12.9. The van der Waals surface area contributed by atoms with Crippen LogP contribution in [-0.2, 0) is 0 Å². The van der Waals surface area contributed by atoms with Crippen molar-refractivity contribution in [3.05, 3.63) is 52.8 Å². The summed E-state index contributed by atoms with van der Waals surface area (Å²) in [5.74, 6) is 2.29. The summed E-state index contributed by atoms with van der Waals surface area (Å²) in [7, 11) is 3.14. The van der Waals surface area contributed by atoms with E-state index >= 15 is 0 Å². The highest BCUT2D eigenvalue weighted by atomic mass is 79.9. The van der Waals surface area contributed by atoms with E-state index in [9.17, 15) is 4.79 Å². The summed E-state index contributed by atoms with van der Waals surface area (Å²) in [6, 6.07) is 12.8. The number of nitrogens with zero attached hydrogens (tertiary/aromatic N) is 3. The molecule has 1 aliphatic rings. The first kappa shape index (κ1) is 21.2. The van der Waals surface area contributed by atoms with Gasteiger partial charge in [-0.1, -0.05) is 21.1 Å². The van der Waals surface area contributed by atoms with Crippen LogP contribution < -0.4 is 14.8 Å². The number of amides is 2. The van der Waals surface area contributed by atoms with Crippen molar-refractivity contribution in [1.29, 1.82) is 0 Å². The third-order valence-corrected chi connectivity index (χ3v) is 5.78. The van der Waals surface area contributed by atoms with Crippen LogP contribution in [0.15, 0.2) is 51.5 Å². The molecule has 1 saturated heterocycles. The van der Waals surface area contributed by atoms with Crippen LogP contribution in [0.1, 0.15) is 24.7 Å². The Labute approximate surface area is 188 Å². The number of likely N-dealkylation sites (tertiary alicyclic amines) is 1. The third kappa shape index (κ3) is 4.82. The number of aromatic nitrogens is 2. The van der Waals surface area contributed by atoms with E-state index in [1.165, 1.54) is 0 Å². The fourth-order valence-electron chi connectivity index (χ4n) is 3.58. The predicted molar refractivity (Wildman–Crippen MR) is 120 cm³/mol. The molecule has 1 aromatic heterocycles. The first-order chi connectivity index (χ1) is 15.1. The highest BCUT2D eigenvalue weighted by molar-refractivity contribution is 9.10. The summed E-state index contributed by atoms with van der Waals surface area (Å²) >= 11 is 3.42. The monoisotopic (exact) mass is 486 g/mol. The van der Waals surface area contributed by atoms with Crippen molar-refractivity contribution in [2.45, 2.75) is 18.8 Å². The Morgan fingerprint density at radius 1 is 1.19 bits per heavy atom. The standard InChI is InChI=1S/C22H23BrN4O4/c1-29-17-9-10-18(19(12-17)30-2)24-22(28)27-11-3-4-15(13-27)21-25-20(26-31-21)14-5-7-16(23)8-6-14/h5-10,12,15H,3-4,11,13H2,1-2H3,(H,24,28). The van der Waals surface area contributed by atoms with Gasteiger partial charge in [-0.25, -0.2) is 4.79 Å². The van der Waals surface area contributed by atoms with Crippen molar-refractivity contribution in [2.75, 3.05) is 32.6 Å². The molecule has 31 heavy (non-hydrogen) atoms. The van der Waals surface area contributed by atoms with E-state index in [2.05, 4.69) is 31.4 Å². The summed E-state index contributed by atoms with van der Waals surface area (Å²) in [5, 5.41) is 7.05. The van der Waals surface area contributed by atoms with Crippen LogP contribution in [0, 0.1) is 0 Å². The molecule has 162 valence electrons. The fraction of sp³-hybridized carbons (Fsp3) is 0.318. The minimum absolute atomic E-state index is 0.00559.